The second-order valence-corrected chi connectivity index (χ2v) is 14.2. The number of halogens is 3. The number of aliphatic hydroxyl groups is 4. The monoisotopic (exact) mass is 770 g/mol. The van der Waals surface area contributed by atoms with Crippen LogP contribution in [0.25, 0.3) is 22.1 Å². The quantitative estimate of drug-likeness (QED) is 0.0808. The van der Waals surface area contributed by atoms with Crippen LogP contribution in [0.3, 0.4) is 0 Å². The molecule has 1 aromatic carbocycles. The summed E-state index contributed by atoms with van der Waals surface area (Å²) in [6.07, 6.45) is -15.5. The van der Waals surface area contributed by atoms with Crippen LogP contribution in [0.4, 0.5) is 18.9 Å². The van der Waals surface area contributed by atoms with Crippen LogP contribution in [0.5, 0.6) is 5.75 Å². The van der Waals surface area contributed by atoms with Crippen molar-refractivity contribution in [1.82, 2.24) is 14.5 Å². The average Bonchev–Trinajstić information content (AvgIpc) is 3.68. The molecule has 51 heavy (non-hydrogen) atoms. The van der Waals surface area contributed by atoms with Crippen LogP contribution in [0.2, 0.25) is 0 Å². The number of pyridine rings is 1. The van der Waals surface area contributed by atoms with Crippen molar-refractivity contribution in [3.63, 3.8) is 0 Å². The fourth-order valence-corrected chi connectivity index (χ4v) is 7.37. The molecule has 5 heterocycles. The van der Waals surface area contributed by atoms with Crippen LogP contribution in [0.15, 0.2) is 52.1 Å². The van der Waals surface area contributed by atoms with Crippen LogP contribution in [0.1, 0.15) is 11.8 Å². The zero-order valence-electron chi connectivity index (χ0n) is 25.3. The van der Waals surface area contributed by atoms with Gasteiger partial charge in [-0.25, -0.2) is 23.9 Å². The van der Waals surface area contributed by atoms with Crippen molar-refractivity contribution in [3.8, 4) is 5.75 Å². The first-order valence-electron chi connectivity index (χ1n) is 14.4. The van der Waals surface area contributed by atoms with Gasteiger partial charge in [-0.2, -0.15) is 17.5 Å². The number of benzene rings is 1. The summed E-state index contributed by atoms with van der Waals surface area (Å²) in [7, 11) is -11.0. The van der Waals surface area contributed by atoms with E-state index in [-0.39, 0.29) is 28.7 Å². The van der Waals surface area contributed by atoms with Gasteiger partial charge in [0.1, 0.15) is 53.5 Å². The van der Waals surface area contributed by atoms with Crippen molar-refractivity contribution >= 4 is 43.5 Å². The summed E-state index contributed by atoms with van der Waals surface area (Å²) in [5, 5.41) is 41.2. The molecule has 0 aliphatic carbocycles. The number of phosphoric acid groups is 2. The number of nitrogens with two attached hydrogens (primary N) is 1. The van der Waals surface area contributed by atoms with Gasteiger partial charge in [0, 0.05) is 23.7 Å². The van der Waals surface area contributed by atoms with Crippen LogP contribution in [-0.4, -0.2) is 101 Å². The first-order chi connectivity index (χ1) is 23.8. The molecule has 0 saturated carbocycles. The zero-order chi connectivity index (χ0) is 37.0. The summed E-state index contributed by atoms with van der Waals surface area (Å²) in [6.45, 7) is -2.00. The largest absolute Gasteiger partial charge is 0.481 e. The van der Waals surface area contributed by atoms with Crippen molar-refractivity contribution in [2.45, 2.75) is 55.3 Å². The van der Waals surface area contributed by atoms with E-state index in [4.69, 9.17) is 24.4 Å². The first kappa shape index (κ1) is 37.2. The molecule has 2 aliphatic heterocycles. The summed E-state index contributed by atoms with van der Waals surface area (Å²) in [5.41, 5.74) is 3.50. The van der Waals surface area contributed by atoms with Crippen LogP contribution in [-0.2, 0) is 38.1 Å². The molecular formula is C26H27F3N4O16P2. The van der Waals surface area contributed by atoms with Gasteiger partial charge in [-0.15, -0.1) is 0 Å². The second-order valence-electron chi connectivity index (χ2n) is 11.2. The lowest BCUT2D eigenvalue weighted by Crippen LogP contribution is -2.35. The number of alkyl halides is 3. The van der Waals surface area contributed by atoms with Gasteiger partial charge in [0.2, 0.25) is 6.29 Å². The number of aliphatic hydroxyl groups excluding tert-OH is 4. The highest BCUT2D eigenvalue weighted by Gasteiger charge is 2.48. The SMILES string of the molecule is Nc1ccnc2c1ncn2[C@@H]1OC(COP(=O)(O)OP(=O)(O)OC[C@H]2O[C@H](Oc3ccc4c(C(F)(F)F)cc(=O)oc4c3)[C@H](O)[C@@H]2O)[C@@H](O)[C@H]1O. The third-order valence-electron chi connectivity index (χ3n) is 7.71. The van der Waals surface area contributed by atoms with Crippen molar-refractivity contribution in [1.29, 1.82) is 0 Å². The molecule has 25 heteroatoms. The van der Waals surface area contributed by atoms with E-state index in [1.165, 1.54) is 23.2 Å². The fraction of sp³-hybridized carbons (Fsp3) is 0.423. The molecular weight excluding hydrogens is 743 g/mol. The van der Waals surface area contributed by atoms with Crippen molar-refractivity contribution in [2.24, 2.45) is 0 Å². The van der Waals surface area contributed by atoms with E-state index in [9.17, 15) is 57.3 Å². The molecule has 20 nitrogen and oxygen atoms in total. The number of fused-ring (bicyclic) bond motifs is 2. The van der Waals surface area contributed by atoms with E-state index in [1.54, 1.807) is 0 Å². The Hall–Kier alpha value is -3.54. The molecule has 2 saturated heterocycles. The number of nitrogen functional groups attached to an aromatic ring is 1. The number of nitrogens with zero attached hydrogens (tertiary/aromatic N) is 3. The molecule has 10 atom stereocenters. The third-order valence-corrected chi connectivity index (χ3v) is 10.3. The van der Waals surface area contributed by atoms with Gasteiger partial charge in [0.05, 0.1) is 30.8 Å². The molecule has 3 aromatic heterocycles. The molecule has 2 fully saturated rings. The van der Waals surface area contributed by atoms with Crippen LogP contribution >= 0.6 is 15.6 Å². The molecule has 4 aromatic rings. The van der Waals surface area contributed by atoms with Gasteiger partial charge in [0.15, 0.2) is 11.9 Å². The van der Waals surface area contributed by atoms with Crippen molar-refractivity contribution in [3.05, 3.63) is 58.8 Å². The summed E-state index contributed by atoms with van der Waals surface area (Å²) >= 11 is 0. The maximum Gasteiger partial charge on any atom is 0.481 e. The van der Waals surface area contributed by atoms with Gasteiger partial charge in [-0.3, -0.25) is 13.6 Å². The number of imidazole rings is 1. The Labute approximate surface area is 281 Å². The van der Waals surface area contributed by atoms with E-state index >= 15 is 0 Å². The van der Waals surface area contributed by atoms with Gasteiger partial charge in [-0.1, -0.05) is 0 Å². The molecule has 278 valence electrons. The number of ether oxygens (including phenoxy) is 3. The zero-order valence-corrected chi connectivity index (χ0v) is 27.1. The van der Waals surface area contributed by atoms with Gasteiger partial charge in [-0.05, 0) is 18.2 Å². The Balaban J connectivity index is 1.03. The predicted octanol–water partition coefficient (Wildman–Crippen LogP) is 0.534. The van der Waals surface area contributed by atoms with E-state index in [2.05, 4.69) is 23.3 Å². The lowest BCUT2D eigenvalue weighted by atomic mass is 10.1. The third kappa shape index (κ3) is 7.81. The Bertz CT molecular complexity index is 2080. The topological polar surface area (TPSA) is 298 Å². The number of hydrogen-bond acceptors (Lipinski definition) is 17. The number of hydrogen-bond donors (Lipinski definition) is 7. The minimum absolute atomic E-state index is 0.190. The van der Waals surface area contributed by atoms with Gasteiger partial charge in [0.25, 0.3) is 0 Å². The molecule has 8 N–H and O–H groups in total. The Kier molecular flexibility index (Phi) is 10.1. The standard InChI is InChI=1S/C26H27F3N4O16P2/c27-26(28,29)12-6-17(34)46-14-5-10(1-2-11(12)14)45-25-22(38)20(36)16(48-25)8-44-51(41,42)49-50(39,40)43-7-15-19(35)21(37)24(47-15)33-9-32-18-13(30)3-4-31-23(18)33/h1-6,9,15-16,19-22,24-25,35-38H,7-8H2,(H2,30,31)(H,39,40)(H,41,42)/t15?,16-,19-,20-,21-,22-,24-,25+/m1/s1. The van der Waals surface area contributed by atoms with E-state index in [0.29, 0.717) is 0 Å². The van der Waals surface area contributed by atoms with Crippen LogP contribution in [0, 0.1) is 0 Å². The number of phosphoric ester groups is 2. The summed E-state index contributed by atoms with van der Waals surface area (Å²) in [5.74, 6) is -0.271. The summed E-state index contributed by atoms with van der Waals surface area (Å²) < 4.78 is 101. The highest BCUT2D eigenvalue weighted by molar-refractivity contribution is 7.61. The molecule has 3 unspecified atom stereocenters. The van der Waals surface area contributed by atoms with E-state index < -0.39 is 106 Å². The van der Waals surface area contributed by atoms with Crippen LogP contribution < -0.4 is 16.1 Å². The Morgan fingerprint density at radius 2 is 1.55 bits per heavy atom. The normalized spacial score (nSPS) is 29.4. The molecule has 2 aliphatic rings. The summed E-state index contributed by atoms with van der Waals surface area (Å²) in [6, 6.07) is 4.61. The lowest BCUT2D eigenvalue weighted by Gasteiger charge is -2.20. The summed E-state index contributed by atoms with van der Waals surface area (Å²) in [4.78, 5) is 39.9. The van der Waals surface area contributed by atoms with E-state index in [1.807, 2.05) is 0 Å². The number of anilines is 1. The first-order valence-corrected chi connectivity index (χ1v) is 17.4. The van der Waals surface area contributed by atoms with Crippen molar-refractivity contribution in [2.75, 3.05) is 18.9 Å². The molecule has 0 amide bonds. The number of rotatable bonds is 11. The van der Waals surface area contributed by atoms with E-state index in [0.717, 1.165) is 18.2 Å². The second kappa shape index (κ2) is 13.8. The molecule has 6 rings (SSSR count). The Morgan fingerprint density at radius 1 is 0.902 bits per heavy atom. The van der Waals surface area contributed by atoms with Crippen molar-refractivity contribution < 1.29 is 84.5 Å². The average molecular weight is 770 g/mol. The molecule has 0 bridgehead atoms. The minimum Gasteiger partial charge on any atom is -0.462 e. The highest BCUT2D eigenvalue weighted by Crippen LogP contribution is 2.60. The van der Waals surface area contributed by atoms with Gasteiger partial charge < -0.3 is 54.6 Å². The fourth-order valence-electron chi connectivity index (χ4n) is 5.28. The van der Waals surface area contributed by atoms with Gasteiger partial charge >= 0.3 is 27.4 Å². The molecule has 0 spiro atoms. The number of aromatic nitrogens is 3. The molecule has 0 radical (unpaired) electrons. The maximum absolute atomic E-state index is 13.3. The predicted molar refractivity (Wildman–Crippen MR) is 159 cm³/mol. The lowest BCUT2D eigenvalue weighted by molar-refractivity contribution is -0.136. The minimum atomic E-state index is -5.49. The maximum atomic E-state index is 13.3. The highest BCUT2D eigenvalue weighted by atomic mass is 31.3. The Morgan fingerprint density at radius 3 is 2.22 bits per heavy atom. The smallest absolute Gasteiger partial charge is 0.462 e.